The summed E-state index contributed by atoms with van der Waals surface area (Å²) in [5, 5.41) is 13.7. The highest BCUT2D eigenvalue weighted by atomic mass is 16.6. The maximum Gasteiger partial charge on any atom is 0.271 e. The molecule has 0 aromatic heterocycles. The van der Waals surface area contributed by atoms with Gasteiger partial charge in [0.2, 0.25) is 5.91 Å². The lowest BCUT2D eigenvalue weighted by atomic mass is 10.0. The minimum Gasteiger partial charge on any atom is -0.324 e. The third kappa shape index (κ3) is 3.98. The molecule has 0 fully saturated rings. The molecule has 160 valence electrons. The molecule has 0 radical (unpaired) electrons. The topological polar surface area (TPSA) is 110 Å². The minimum absolute atomic E-state index is 0.105. The number of hydrogen-bond acceptors (Lipinski definition) is 5. The molecule has 1 atom stereocenters. The van der Waals surface area contributed by atoms with Crippen LogP contribution >= 0.6 is 0 Å². The molecule has 0 bridgehead atoms. The number of nitrogens with one attached hydrogen (secondary N) is 1. The van der Waals surface area contributed by atoms with E-state index in [0.29, 0.717) is 0 Å². The van der Waals surface area contributed by atoms with Gasteiger partial charge in [0.15, 0.2) is 0 Å². The van der Waals surface area contributed by atoms with Gasteiger partial charge >= 0.3 is 0 Å². The molecular formula is C24H19N3O5. The summed E-state index contributed by atoms with van der Waals surface area (Å²) in [4.78, 5) is 50.8. The summed E-state index contributed by atoms with van der Waals surface area (Å²) in [6, 6.07) is 18.2. The van der Waals surface area contributed by atoms with Gasteiger partial charge in [-0.05, 0) is 30.7 Å². The smallest absolute Gasteiger partial charge is 0.271 e. The van der Waals surface area contributed by atoms with Gasteiger partial charge in [-0.15, -0.1) is 0 Å². The second-order valence-electron chi connectivity index (χ2n) is 7.53. The predicted octanol–water partition coefficient (Wildman–Crippen LogP) is 3.75. The molecule has 0 aliphatic carbocycles. The highest BCUT2D eigenvalue weighted by Gasteiger charge is 2.42. The zero-order valence-electron chi connectivity index (χ0n) is 17.1. The van der Waals surface area contributed by atoms with Crippen molar-refractivity contribution in [3.05, 3.63) is 105 Å². The number of nitro benzene ring substituents is 1. The summed E-state index contributed by atoms with van der Waals surface area (Å²) in [7, 11) is 0. The Hall–Kier alpha value is -4.33. The second-order valence-corrected chi connectivity index (χ2v) is 7.53. The lowest BCUT2D eigenvalue weighted by molar-refractivity contribution is -0.384. The van der Waals surface area contributed by atoms with E-state index in [4.69, 9.17) is 0 Å². The molecule has 1 N–H and O–H groups in total. The highest BCUT2D eigenvalue weighted by Crippen LogP contribution is 2.27. The molecule has 3 amide bonds. The standard InChI is InChI=1S/C24H19N3O5/c1-15-6-4-7-16(12-15)13-21(22(28)25-17-8-5-9-18(14-17)27(31)32)26-23(29)19-10-2-3-11-20(19)24(26)30/h2-12,14,21H,13H2,1H3,(H,25,28). The fourth-order valence-corrected chi connectivity index (χ4v) is 3.78. The molecule has 1 unspecified atom stereocenters. The van der Waals surface area contributed by atoms with E-state index in [-0.39, 0.29) is 28.9 Å². The first kappa shape index (κ1) is 20.9. The summed E-state index contributed by atoms with van der Waals surface area (Å²) >= 11 is 0. The third-order valence-corrected chi connectivity index (χ3v) is 5.28. The number of benzene rings is 3. The van der Waals surface area contributed by atoms with Crippen molar-refractivity contribution in [2.45, 2.75) is 19.4 Å². The monoisotopic (exact) mass is 429 g/mol. The average Bonchev–Trinajstić information content (AvgIpc) is 3.02. The van der Waals surface area contributed by atoms with E-state index in [0.717, 1.165) is 16.0 Å². The Morgan fingerprint density at radius 2 is 1.62 bits per heavy atom. The number of amides is 3. The third-order valence-electron chi connectivity index (χ3n) is 5.28. The first-order chi connectivity index (χ1) is 15.3. The van der Waals surface area contributed by atoms with Crippen LogP contribution in [0, 0.1) is 17.0 Å². The molecule has 8 nitrogen and oxygen atoms in total. The van der Waals surface area contributed by atoms with Crippen molar-refractivity contribution < 1.29 is 19.3 Å². The second kappa shape index (κ2) is 8.43. The van der Waals surface area contributed by atoms with E-state index in [1.165, 1.54) is 24.3 Å². The number of rotatable bonds is 6. The molecule has 3 aromatic rings. The van der Waals surface area contributed by atoms with Gasteiger partial charge in [-0.2, -0.15) is 0 Å². The Morgan fingerprint density at radius 1 is 0.969 bits per heavy atom. The Labute approximate surface area is 183 Å². The number of aryl methyl sites for hydroxylation is 1. The number of carbonyl (C=O) groups excluding carboxylic acids is 3. The quantitative estimate of drug-likeness (QED) is 0.365. The van der Waals surface area contributed by atoms with Crippen LogP contribution in [0.15, 0.2) is 72.8 Å². The molecule has 32 heavy (non-hydrogen) atoms. The van der Waals surface area contributed by atoms with Crippen molar-refractivity contribution in [3.63, 3.8) is 0 Å². The van der Waals surface area contributed by atoms with E-state index in [1.54, 1.807) is 24.3 Å². The summed E-state index contributed by atoms with van der Waals surface area (Å²) in [5.41, 5.74) is 2.27. The van der Waals surface area contributed by atoms with E-state index in [2.05, 4.69) is 5.32 Å². The number of nitrogens with zero attached hydrogens (tertiary/aromatic N) is 2. The Balaban J connectivity index is 1.69. The number of fused-ring (bicyclic) bond motifs is 1. The van der Waals surface area contributed by atoms with Crippen molar-refractivity contribution in [2.24, 2.45) is 0 Å². The normalized spacial score (nSPS) is 13.6. The minimum atomic E-state index is -1.14. The predicted molar refractivity (Wildman–Crippen MR) is 117 cm³/mol. The van der Waals surface area contributed by atoms with Gasteiger partial charge in [-0.3, -0.25) is 29.4 Å². The molecule has 0 saturated carbocycles. The molecule has 8 heteroatoms. The highest BCUT2D eigenvalue weighted by molar-refractivity contribution is 6.23. The zero-order chi connectivity index (χ0) is 22.8. The largest absolute Gasteiger partial charge is 0.324 e. The van der Waals surface area contributed by atoms with E-state index in [9.17, 15) is 24.5 Å². The summed E-state index contributed by atoms with van der Waals surface area (Å²) in [6.07, 6.45) is 0.105. The van der Waals surface area contributed by atoms with Crippen LogP contribution in [-0.4, -0.2) is 33.6 Å². The van der Waals surface area contributed by atoms with Crippen molar-refractivity contribution in [2.75, 3.05) is 5.32 Å². The lowest BCUT2D eigenvalue weighted by Crippen LogP contribution is -2.48. The summed E-state index contributed by atoms with van der Waals surface area (Å²) in [6.45, 7) is 1.91. The molecule has 1 aliphatic rings. The number of nitro groups is 1. The van der Waals surface area contributed by atoms with E-state index < -0.39 is 28.7 Å². The average molecular weight is 429 g/mol. The van der Waals surface area contributed by atoms with Gasteiger partial charge < -0.3 is 5.32 Å². The zero-order valence-corrected chi connectivity index (χ0v) is 17.1. The van der Waals surface area contributed by atoms with Crippen LogP contribution in [0.1, 0.15) is 31.8 Å². The van der Waals surface area contributed by atoms with Crippen LogP contribution in [0.3, 0.4) is 0 Å². The first-order valence-corrected chi connectivity index (χ1v) is 9.93. The molecule has 4 rings (SSSR count). The molecule has 0 spiro atoms. The number of hydrogen-bond donors (Lipinski definition) is 1. The Morgan fingerprint density at radius 3 is 2.25 bits per heavy atom. The van der Waals surface area contributed by atoms with E-state index in [1.807, 2.05) is 31.2 Å². The number of imide groups is 1. The summed E-state index contributed by atoms with van der Waals surface area (Å²) in [5.74, 6) is -1.70. The van der Waals surface area contributed by atoms with Crippen LogP contribution in [0.5, 0.6) is 0 Å². The Kier molecular flexibility index (Phi) is 5.51. The number of non-ortho nitro benzene ring substituents is 1. The van der Waals surface area contributed by atoms with Crippen molar-refractivity contribution in [1.29, 1.82) is 0 Å². The Bertz CT molecular complexity index is 1220. The lowest BCUT2D eigenvalue weighted by Gasteiger charge is -2.25. The van der Waals surface area contributed by atoms with E-state index >= 15 is 0 Å². The van der Waals surface area contributed by atoms with Gasteiger partial charge in [-0.25, -0.2) is 0 Å². The van der Waals surface area contributed by atoms with Crippen molar-refractivity contribution in [3.8, 4) is 0 Å². The van der Waals surface area contributed by atoms with Crippen LogP contribution in [0.25, 0.3) is 0 Å². The molecule has 3 aromatic carbocycles. The van der Waals surface area contributed by atoms with Gasteiger partial charge in [0.05, 0.1) is 16.1 Å². The van der Waals surface area contributed by atoms with Gasteiger partial charge in [-0.1, -0.05) is 48.0 Å². The van der Waals surface area contributed by atoms with Gasteiger partial charge in [0.1, 0.15) is 6.04 Å². The molecular weight excluding hydrogens is 410 g/mol. The first-order valence-electron chi connectivity index (χ1n) is 9.93. The fraction of sp³-hybridized carbons (Fsp3) is 0.125. The van der Waals surface area contributed by atoms with Crippen LogP contribution in [0.2, 0.25) is 0 Å². The van der Waals surface area contributed by atoms with Crippen LogP contribution in [-0.2, 0) is 11.2 Å². The molecule has 1 heterocycles. The fourth-order valence-electron chi connectivity index (χ4n) is 3.78. The molecule has 1 aliphatic heterocycles. The number of anilines is 1. The maximum atomic E-state index is 13.3. The van der Waals surface area contributed by atoms with Crippen LogP contribution < -0.4 is 5.32 Å². The van der Waals surface area contributed by atoms with Crippen molar-refractivity contribution in [1.82, 2.24) is 4.90 Å². The SMILES string of the molecule is Cc1cccc(CC(C(=O)Nc2cccc([N+](=O)[O-])c2)N2C(=O)c3ccccc3C2=O)c1. The summed E-state index contributed by atoms with van der Waals surface area (Å²) < 4.78 is 0. The van der Waals surface area contributed by atoms with Gasteiger partial charge in [0, 0.05) is 24.2 Å². The maximum absolute atomic E-state index is 13.3. The number of carbonyl (C=O) groups is 3. The molecule has 0 saturated heterocycles. The van der Waals surface area contributed by atoms with Crippen LogP contribution in [0.4, 0.5) is 11.4 Å². The van der Waals surface area contributed by atoms with Gasteiger partial charge in [0.25, 0.3) is 17.5 Å². The van der Waals surface area contributed by atoms with Crippen molar-refractivity contribution >= 4 is 29.1 Å².